The van der Waals surface area contributed by atoms with Gasteiger partial charge in [0.25, 0.3) is 5.91 Å². The van der Waals surface area contributed by atoms with Gasteiger partial charge in [-0.25, -0.2) is 14.4 Å². The monoisotopic (exact) mass is 517 g/mol. The number of pyridine rings is 1. The summed E-state index contributed by atoms with van der Waals surface area (Å²) < 4.78 is 20.9. The van der Waals surface area contributed by atoms with E-state index in [4.69, 9.17) is 16.3 Å². The van der Waals surface area contributed by atoms with Crippen molar-refractivity contribution in [2.24, 2.45) is 0 Å². The van der Waals surface area contributed by atoms with Crippen LogP contribution in [0.3, 0.4) is 0 Å². The third kappa shape index (κ3) is 6.03. The molecule has 9 heteroatoms. The Morgan fingerprint density at radius 2 is 1.84 bits per heavy atom. The highest BCUT2D eigenvalue weighted by atomic mass is 35.5. The maximum Gasteiger partial charge on any atom is 0.257 e. The van der Waals surface area contributed by atoms with E-state index in [-0.39, 0.29) is 11.4 Å². The van der Waals surface area contributed by atoms with E-state index in [1.165, 1.54) is 31.4 Å². The summed E-state index contributed by atoms with van der Waals surface area (Å²) in [7, 11) is 0. The Labute approximate surface area is 219 Å². The summed E-state index contributed by atoms with van der Waals surface area (Å²) in [5.41, 5.74) is 1.79. The number of amides is 1. The molecule has 0 spiro atoms. The van der Waals surface area contributed by atoms with Gasteiger partial charge < -0.3 is 15.4 Å². The van der Waals surface area contributed by atoms with Gasteiger partial charge in [-0.05, 0) is 49.2 Å². The molecule has 1 saturated carbocycles. The van der Waals surface area contributed by atoms with Crippen LogP contribution in [0.5, 0.6) is 11.5 Å². The van der Waals surface area contributed by atoms with Crippen molar-refractivity contribution in [2.45, 2.75) is 38.1 Å². The van der Waals surface area contributed by atoms with E-state index < -0.39 is 11.7 Å². The minimum absolute atomic E-state index is 0.00203. The first-order valence-electron chi connectivity index (χ1n) is 12.1. The molecule has 0 atom stereocenters. The van der Waals surface area contributed by atoms with Crippen LogP contribution < -0.4 is 15.4 Å². The van der Waals surface area contributed by atoms with Gasteiger partial charge in [-0.3, -0.25) is 9.78 Å². The third-order valence-corrected chi connectivity index (χ3v) is 6.51. The number of ether oxygens (including phenoxy) is 1. The first kappa shape index (κ1) is 24.6. The summed E-state index contributed by atoms with van der Waals surface area (Å²) in [5, 5.41) is 6.39. The van der Waals surface area contributed by atoms with E-state index in [0.717, 1.165) is 12.8 Å². The number of rotatable bonds is 7. The number of hydrogen-bond acceptors (Lipinski definition) is 6. The second-order valence-corrected chi connectivity index (χ2v) is 9.21. The standard InChI is InChI=1S/C28H25ClFN5O2/c29-22-9-5-4-8-20(22)27(36)33-19-10-11-26(23(30)16-19)37-25-13-14-31-17-21(25)24-12-15-32-28(35-24)34-18-6-2-1-3-7-18/h4-5,8-18H,1-3,6-7H2,(H,33,36)(H,32,34,35). The first-order chi connectivity index (χ1) is 18.1. The molecule has 2 N–H and O–H groups in total. The fraction of sp³-hybridized carbons (Fsp3) is 0.214. The summed E-state index contributed by atoms with van der Waals surface area (Å²) in [4.78, 5) is 25.7. The van der Waals surface area contributed by atoms with Crippen molar-refractivity contribution in [2.75, 3.05) is 10.6 Å². The number of benzene rings is 2. The Morgan fingerprint density at radius 1 is 1.00 bits per heavy atom. The minimum Gasteiger partial charge on any atom is -0.453 e. The molecule has 1 fully saturated rings. The number of carbonyl (C=O) groups excluding carboxylic acids is 1. The van der Waals surface area contributed by atoms with Crippen LogP contribution in [0.15, 0.2) is 73.2 Å². The van der Waals surface area contributed by atoms with E-state index in [1.807, 2.05) is 0 Å². The number of aromatic nitrogens is 3. The molecule has 4 aromatic rings. The molecule has 0 aliphatic heterocycles. The summed E-state index contributed by atoms with van der Waals surface area (Å²) in [5.74, 6) is -0.135. The molecular weight excluding hydrogens is 493 g/mol. The van der Waals surface area contributed by atoms with Gasteiger partial charge in [0.1, 0.15) is 5.75 Å². The SMILES string of the molecule is O=C(Nc1ccc(Oc2ccncc2-c2ccnc(NC3CCCCC3)n2)c(F)c1)c1ccccc1Cl. The van der Waals surface area contributed by atoms with Crippen molar-refractivity contribution >= 4 is 29.1 Å². The molecule has 1 aliphatic carbocycles. The maximum absolute atomic E-state index is 15.0. The van der Waals surface area contributed by atoms with Gasteiger partial charge in [0.15, 0.2) is 11.6 Å². The number of halogens is 2. The van der Waals surface area contributed by atoms with E-state index in [9.17, 15) is 9.18 Å². The van der Waals surface area contributed by atoms with Crippen molar-refractivity contribution in [3.05, 3.63) is 89.6 Å². The Morgan fingerprint density at radius 3 is 2.65 bits per heavy atom. The second kappa shape index (κ2) is 11.3. The van der Waals surface area contributed by atoms with Crippen LogP contribution in [0.4, 0.5) is 16.0 Å². The molecule has 7 nitrogen and oxygen atoms in total. The zero-order valence-electron chi connectivity index (χ0n) is 20.0. The maximum atomic E-state index is 15.0. The fourth-order valence-corrected chi connectivity index (χ4v) is 4.52. The largest absolute Gasteiger partial charge is 0.453 e. The Balaban J connectivity index is 1.33. The van der Waals surface area contributed by atoms with Gasteiger partial charge in [-0.1, -0.05) is 43.0 Å². The quantitative estimate of drug-likeness (QED) is 0.271. The van der Waals surface area contributed by atoms with E-state index >= 15 is 0 Å². The van der Waals surface area contributed by atoms with E-state index in [1.54, 1.807) is 61.1 Å². The van der Waals surface area contributed by atoms with Crippen LogP contribution in [0.1, 0.15) is 42.5 Å². The lowest BCUT2D eigenvalue weighted by atomic mass is 9.96. The smallest absolute Gasteiger partial charge is 0.257 e. The average molecular weight is 518 g/mol. The topological polar surface area (TPSA) is 89.0 Å². The van der Waals surface area contributed by atoms with Crippen molar-refractivity contribution in [3.8, 4) is 22.8 Å². The lowest BCUT2D eigenvalue weighted by Gasteiger charge is -2.22. The van der Waals surface area contributed by atoms with Crippen LogP contribution in [-0.4, -0.2) is 26.9 Å². The molecular formula is C28H25ClFN5O2. The molecule has 0 unspecified atom stereocenters. The number of carbonyl (C=O) groups is 1. The van der Waals surface area contributed by atoms with E-state index in [2.05, 4.69) is 25.6 Å². The summed E-state index contributed by atoms with van der Waals surface area (Å²) in [6.45, 7) is 0. The Kier molecular flexibility index (Phi) is 7.56. The molecule has 2 aromatic carbocycles. The molecule has 0 bridgehead atoms. The zero-order chi connectivity index (χ0) is 25.6. The van der Waals surface area contributed by atoms with Gasteiger partial charge in [0.05, 0.1) is 21.8 Å². The second-order valence-electron chi connectivity index (χ2n) is 8.80. The van der Waals surface area contributed by atoms with Crippen LogP contribution in [0.2, 0.25) is 5.02 Å². The molecule has 2 aromatic heterocycles. The fourth-order valence-electron chi connectivity index (χ4n) is 4.29. The highest BCUT2D eigenvalue weighted by Crippen LogP contribution is 2.34. The van der Waals surface area contributed by atoms with Crippen LogP contribution >= 0.6 is 11.6 Å². The van der Waals surface area contributed by atoms with Gasteiger partial charge >= 0.3 is 0 Å². The highest BCUT2D eigenvalue weighted by Gasteiger charge is 2.17. The molecule has 2 heterocycles. The van der Waals surface area contributed by atoms with Crippen molar-refractivity contribution < 1.29 is 13.9 Å². The van der Waals surface area contributed by atoms with Gasteiger partial charge in [-0.2, -0.15) is 0 Å². The normalized spacial score (nSPS) is 13.7. The number of anilines is 2. The summed E-state index contributed by atoms with van der Waals surface area (Å²) in [6, 6.07) is 14.6. The van der Waals surface area contributed by atoms with Crippen LogP contribution in [0.25, 0.3) is 11.3 Å². The average Bonchev–Trinajstić information content (AvgIpc) is 2.91. The van der Waals surface area contributed by atoms with Crippen molar-refractivity contribution in [1.82, 2.24) is 15.0 Å². The Bertz CT molecular complexity index is 1410. The van der Waals surface area contributed by atoms with Gasteiger partial charge in [0.2, 0.25) is 5.95 Å². The van der Waals surface area contributed by atoms with Gasteiger partial charge in [0, 0.05) is 36.4 Å². The first-order valence-corrected chi connectivity index (χ1v) is 12.5. The lowest BCUT2D eigenvalue weighted by Crippen LogP contribution is -2.23. The lowest BCUT2D eigenvalue weighted by molar-refractivity contribution is 0.102. The van der Waals surface area contributed by atoms with Crippen molar-refractivity contribution in [3.63, 3.8) is 0 Å². The summed E-state index contributed by atoms with van der Waals surface area (Å²) in [6.07, 6.45) is 10.7. The highest BCUT2D eigenvalue weighted by molar-refractivity contribution is 6.34. The number of nitrogens with zero attached hydrogens (tertiary/aromatic N) is 3. The van der Waals surface area contributed by atoms with E-state index in [0.29, 0.717) is 39.6 Å². The van der Waals surface area contributed by atoms with Crippen molar-refractivity contribution in [1.29, 1.82) is 0 Å². The van der Waals surface area contributed by atoms with Crippen LogP contribution in [0, 0.1) is 5.82 Å². The molecule has 0 saturated heterocycles. The minimum atomic E-state index is -0.637. The number of hydrogen-bond donors (Lipinski definition) is 2. The predicted octanol–water partition coefficient (Wildman–Crippen LogP) is 7.12. The van der Waals surface area contributed by atoms with Crippen LogP contribution in [-0.2, 0) is 0 Å². The molecule has 0 radical (unpaired) electrons. The molecule has 37 heavy (non-hydrogen) atoms. The van der Waals surface area contributed by atoms with Gasteiger partial charge in [-0.15, -0.1) is 0 Å². The third-order valence-electron chi connectivity index (χ3n) is 6.18. The number of nitrogens with one attached hydrogen (secondary N) is 2. The summed E-state index contributed by atoms with van der Waals surface area (Å²) >= 11 is 6.08. The molecule has 5 rings (SSSR count). The Hall–Kier alpha value is -4.04. The molecule has 188 valence electrons. The zero-order valence-corrected chi connectivity index (χ0v) is 20.7. The predicted molar refractivity (Wildman–Crippen MR) is 142 cm³/mol. The molecule has 1 aliphatic rings. The molecule has 1 amide bonds.